The summed E-state index contributed by atoms with van der Waals surface area (Å²) in [6.07, 6.45) is 3.49. The van der Waals surface area contributed by atoms with E-state index in [-0.39, 0.29) is 11.2 Å². The molecule has 0 amide bonds. The number of hydrogen-bond acceptors (Lipinski definition) is 2. The first kappa shape index (κ1) is 13.0. The minimum atomic E-state index is -0.0150. The molecule has 3 unspecified atom stereocenters. The second-order valence-corrected chi connectivity index (χ2v) is 6.63. The standard InChI is InChI=1S/C17H24O2/c1-12(2)17-10-9-16(3,19-17)14(11-17)13-7-5-6-8-15(13)18-4/h5-8,12,14H,9-11H2,1-4H3. The lowest BCUT2D eigenvalue weighted by atomic mass is 9.69. The smallest absolute Gasteiger partial charge is 0.122 e. The number of rotatable bonds is 3. The fourth-order valence-corrected chi connectivity index (χ4v) is 4.01. The van der Waals surface area contributed by atoms with E-state index in [0.29, 0.717) is 11.8 Å². The normalized spacial score (nSPS) is 37.0. The molecular weight excluding hydrogens is 236 g/mol. The Labute approximate surface area is 116 Å². The van der Waals surface area contributed by atoms with Crippen LogP contribution in [0.1, 0.15) is 51.5 Å². The monoisotopic (exact) mass is 260 g/mol. The molecule has 3 rings (SSSR count). The Kier molecular flexibility index (Phi) is 2.90. The number of methoxy groups -OCH3 is 1. The van der Waals surface area contributed by atoms with Gasteiger partial charge in [0.2, 0.25) is 0 Å². The topological polar surface area (TPSA) is 18.5 Å². The Bertz CT molecular complexity index is 482. The maximum Gasteiger partial charge on any atom is 0.122 e. The van der Waals surface area contributed by atoms with Crippen LogP contribution >= 0.6 is 0 Å². The van der Waals surface area contributed by atoms with Gasteiger partial charge in [-0.1, -0.05) is 32.0 Å². The molecule has 0 saturated carbocycles. The summed E-state index contributed by atoms with van der Waals surface area (Å²) in [6.45, 7) is 6.86. The lowest BCUT2D eigenvalue weighted by Crippen LogP contribution is -2.32. The molecule has 2 fully saturated rings. The third-order valence-electron chi connectivity index (χ3n) is 5.33. The predicted molar refractivity (Wildman–Crippen MR) is 76.6 cm³/mol. The van der Waals surface area contributed by atoms with Crippen LogP contribution in [0.5, 0.6) is 5.75 Å². The van der Waals surface area contributed by atoms with Crippen LogP contribution in [0.3, 0.4) is 0 Å². The zero-order valence-corrected chi connectivity index (χ0v) is 12.4. The van der Waals surface area contributed by atoms with Crippen molar-refractivity contribution in [2.45, 2.75) is 57.2 Å². The highest BCUT2D eigenvalue weighted by molar-refractivity contribution is 5.40. The molecule has 1 aromatic carbocycles. The first-order valence-corrected chi connectivity index (χ1v) is 7.34. The van der Waals surface area contributed by atoms with Crippen molar-refractivity contribution < 1.29 is 9.47 Å². The minimum absolute atomic E-state index is 0.0150. The van der Waals surface area contributed by atoms with Gasteiger partial charge in [-0.3, -0.25) is 0 Å². The SMILES string of the molecule is COc1ccccc1C1CC2(C(C)C)CCC1(C)O2. The van der Waals surface area contributed by atoms with Crippen molar-refractivity contribution in [3.05, 3.63) is 29.8 Å². The molecule has 3 atom stereocenters. The third kappa shape index (κ3) is 1.80. The number of hydrogen-bond donors (Lipinski definition) is 0. The van der Waals surface area contributed by atoms with E-state index in [4.69, 9.17) is 9.47 Å². The van der Waals surface area contributed by atoms with E-state index in [1.807, 2.05) is 6.07 Å². The van der Waals surface area contributed by atoms with E-state index in [1.54, 1.807) is 7.11 Å². The minimum Gasteiger partial charge on any atom is -0.496 e. The van der Waals surface area contributed by atoms with Crippen molar-refractivity contribution in [2.75, 3.05) is 7.11 Å². The van der Waals surface area contributed by atoms with E-state index in [1.165, 1.54) is 12.0 Å². The van der Waals surface area contributed by atoms with Gasteiger partial charge in [-0.25, -0.2) is 0 Å². The Morgan fingerprint density at radius 1 is 1.26 bits per heavy atom. The number of ether oxygens (including phenoxy) is 2. The average molecular weight is 260 g/mol. The molecule has 0 aliphatic carbocycles. The first-order chi connectivity index (χ1) is 9.01. The van der Waals surface area contributed by atoms with Crippen LogP contribution in [0.25, 0.3) is 0 Å². The molecule has 104 valence electrons. The Balaban J connectivity index is 1.99. The highest BCUT2D eigenvalue weighted by Gasteiger charge is 2.60. The van der Waals surface area contributed by atoms with Crippen LogP contribution in [-0.4, -0.2) is 18.3 Å². The zero-order valence-electron chi connectivity index (χ0n) is 12.4. The molecule has 0 aromatic heterocycles. The quantitative estimate of drug-likeness (QED) is 0.813. The zero-order chi connectivity index (χ0) is 13.7. The van der Waals surface area contributed by atoms with Crippen molar-refractivity contribution in [3.63, 3.8) is 0 Å². The van der Waals surface area contributed by atoms with Crippen LogP contribution in [0.4, 0.5) is 0 Å². The summed E-state index contributed by atoms with van der Waals surface area (Å²) < 4.78 is 12.1. The average Bonchev–Trinajstić information content (AvgIpc) is 2.91. The van der Waals surface area contributed by atoms with Crippen molar-refractivity contribution in [1.29, 1.82) is 0 Å². The van der Waals surface area contributed by atoms with Gasteiger partial charge in [-0.05, 0) is 38.2 Å². The largest absolute Gasteiger partial charge is 0.496 e. The van der Waals surface area contributed by atoms with Gasteiger partial charge in [0.1, 0.15) is 5.75 Å². The Morgan fingerprint density at radius 3 is 2.63 bits per heavy atom. The fraction of sp³-hybridized carbons (Fsp3) is 0.647. The summed E-state index contributed by atoms with van der Waals surface area (Å²) >= 11 is 0. The van der Waals surface area contributed by atoms with Gasteiger partial charge in [0.15, 0.2) is 0 Å². The summed E-state index contributed by atoms with van der Waals surface area (Å²) in [7, 11) is 1.76. The fourth-order valence-electron chi connectivity index (χ4n) is 4.01. The number of benzene rings is 1. The second-order valence-electron chi connectivity index (χ2n) is 6.63. The van der Waals surface area contributed by atoms with Crippen molar-refractivity contribution in [1.82, 2.24) is 0 Å². The third-order valence-corrected chi connectivity index (χ3v) is 5.33. The predicted octanol–water partition coefficient (Wildman–Crippen LogP) is 4.15. The van der Waals surface area contributed by atoms with Crippen LogP contribution in [0.2, 0.25) is 0 Å². The highest BCUT2D eigenvalue weighted by atomic mass is 16.5. The van der Waals surface area contributed by atoms with Gasteiger partial charge in [-0.2, -0.15) is 0 Å². The Morgan fingerprint density at radius 2 is 2.00 bits per heavy atom. The van der Waals surface area contributed by atoms with Gasteiger partial charge in [0, 0.05) is 11.5 Å². The Hall–Kier alpha value is -1.02. The molecule has 2 saturated heterocycles. The molecule has 2 nitrogen and oxygen atoms in total. The van der Waals surface area contributed by atoms with E-state index >= 15 is 0 Å². The van der Waals surface area contributed by atoms with Gasteiger partial charge in [0.25, 0.3) is 0 Å². The lowest BCUT2D eigenvalue weighted by Gasteiger charge is -2.32. The van der Waals surface area contributed by atoms with Gasteiger partial charge < -0.3 is 9.47 Å². The molecular formula is C17H24O2. The second kappa shape index (κ2) is 4.24. The van der Waals surface area contributed by atoms with E-state index in [2.05, 4.69) is 39.0 Å². The molecule has 2 heteroatoms. The maximum absolute atomic E-state index is 6.52. The molecule has 2 bridgehead atoms. The van der Waals surface area contributed by atoms with Gasteiger partial charge in [0.05, 0.1) is 18.3 Å². The molecule has 2 aliphatic rings. The molecule has 1 aromatic rings. The van der Waals surface area contributed by atoms with E-state index in [0.717, 1.165) is 18.6 Å². The lowest BCUT2D eigenvalue weighted by molar-refractivity contribution is -0.0655. The highest BCUT2D eigenvalue weighted by Crippen LogP contribution is 2.61. The van der Waals surface area contributed by atoms with E-state index < -0.39 is 0 Å². The molecule has 2 heterocycles. The van der Waals surface area contributed by atoms with Gasteiger partial charge >= 0.3 is 0 Å². The number of para-hydroxylation sites is 1. The van der Waals surface area contributed by atoms with E-state index in [9.17, 15) is 0 Å². The van der Waals surface area contributed by atoms with Crippen LogP contribution in [0.15, 0.2) is 24.3 Å². The van der Waals surface area contributed by atoms with Crippen LogP contribution < -0.4 is 4.74 Å². The summed E-state index contributed by atoms with van der Waals surface area (Å²) in [5.74, 6) is 2.04. The molecule has 19 heavy (non-hydrogen) atoms. The summed E-state index contributed by atoms with van der Waals surface area (Å²) in [5.41, 5.74) is 1.38. The van der Waals surface area contributed by atoms with Crippen LogP contribution in [0, 0.1) is 5.92 Å². The van der Waals surface area contributed by atoms with Crippen LogP contribution in [-0.2, 0) is 4.74 Å². The molecule has 0 radical (unpaired) electrons. The van der Waals surface area contributed by atoms with Crippen molar-refractivity contribution in [3.8, 4) is 5.75 Å². The molecule has 2 aliphatic heterocycles. The van der Waals surface area contributed by atoms with Gasteiger partial charge in [-0.15, -0.1) is 0 Å². The van der Waals surface area contributed by atoms with Crippen molar-refractivity contribution >= 4 is 0 Å². The summed E-state index contributed by atoms with van der Waals surface area (Å²) in [4.78, 5) is 0. The van der Waals surface area contributed by atoms with Crippen molar-refractivity contribution in [2.24, 2.45) is 5.92 Å². The first-order valence-electron chi connectivity index (χ1n) is 7.34. The molecule has 0 N–H and O–H groups in total. The number of fused-ring (bicyclic) bond motifs is 2. The summed E-state index contributed by atoms with van der Waals surface area (Å²) in [6, 6.07) is 8.41. The maximum atomic E-state index is 6.52. The molecule has 0 spiro atoms. The summed E-state index contributed by atoms with van der Waals surface area (Å²) in [5, 5.41) is 0.